The molecule has 0 radical (unpaired) electrons. The number of H-pyrrole nitrogens is 1. The van der Waals surface area contributed by atoms with Gasteiger partial charge >= 0.3 is 0 Å². The van der Waals surface area contributed by atoms with Crippen LogP contribution in [0.3, 0.4) is 0 Å². The lowest BCUT2D eigenvalue weighted by Crippen LogP contribution is -2.11. The van der Waals surface area contributed by atoms with E-state index < -0.39 is 5.56 Å². The van der Waals surface area contributed by atoms with Crippen LogP contribution >= 0.6 is 0 Å². The van der Waals surface area contributed by atoms with Crippen LogP contribution in [0, 0.1) is 20.8 Å². The zero-order valence-corrected chi connectivity index (χ0v) is 17.2. The summed E-state index contributed by atoms with van der Waals surface area (Å²) < 4.78 is 6.89. The molecule has 31 heavy (non-hydrogen) atoms. The molecule has 0 amide bonds. The maximum Gasteiger partial charge on any atom is 0.267 e. The first kappa shape index (κ1) is 18.8. The number of aryl methyl sites for hydroxylation is 3. The Balaban J connectivity index is 1.62. The molecule has 0 saturated carbocycles. The Bertz CT molecular complexity index is 1490. The zero-order valence-electron chi connectivity index (χ0n) is 17.2. The fourth-order valence-electron chi connectivity index (χ4n) is 3.46. The van der Waals surface area contributed by atoms with Crippen molar-refractivity contribution in [3.05, 3.63) is 75.7 Å². The molecule has 0 saturated heterocycles. The quantitative estimate of drug-likeness (QED) is 0.462. The highest BCUT2D eigenvalue weighted by molar-refractivity contribution is 5.89. The average molecular weight is 413 g/mol. The van der Waals surface area contributed by atoms with Gasteiger partial charge in [-0.3, -0.25) is 4.79 Å². The van der Waals surface area contributed by atoms with Crippen molar-refractivity contribution in [2.24, 2.45) is 0 Å². The summed E-state index contributed by atoms with van der Waals surface area (Å²) in [7, 11) is 0. The molecule has 3 aromatic heterocycles. The van der Waals surface area contributed by atoms with Crippen LogP contribution in [-0.2, 0) is 0 Å². The number of rotatable bonds is 3. The van der Waals surface area contributed by atoms with Gasteiger partial charge in [-0.05, 0) is 50.1 Å². The molecule has 0 aliphatic rings. The standard InChI is InChI=1S/C23H19N5O3/c1-12-4-8-16(9-5-12)28-21-17(11-24-28)19(29)18(22(30)26-21)23-25-20(27-31-23)15-7-6-13(2)14(3)10-15/h4-11H,1-3H3,(H2,26,29,30). The maximum absolute atomic E-state index is 12.9. The minimum Gasteiger partial charge on any atom is -0.506 e. The number of aromatic nitrogens is 5. The Morgan fingerprint density at radius 1 is 1.03 bits per heavy atom. The summed E-state index contributed by atoms with van der Waals surface area (Å²) in [4.78, 5) is 20.0. The average Bonchev–Trinajstić information content (AvgIpc) is 3.39. The highest BCUT2D eigenvalue weighted by Gasteiger charge is 2.22. The Morgan fingerprint density at radius 2 is 1.81 bits per heavy atom. The second kappa shape index (κ2) is 6.94. The second-order valence-electron chi connectivity index (χ2n) is 7.55. The van der Waals surface area contributed by atoms with Crippen LogP contribution in [-0.4, -0.2) is 30.0 Å². The summed E-state index contributed by atoms with van der Waals surface area (Å²) in [5.41, 5.74) is 4.62. The summed E-state index contributed by atoms with van der Waals surface area (Å²) in [6.45, 7) is 6.00. The zero-order chi connectivity index (χ0) is 21.7. The molecule has 0 fully saturated rings. The second-order valence-corrected chi connectivity index (χ2v) is 7.55. The van der Waals surface area contributed by atoms with E-state index in [2.05, 4.69) is 20.2 Å². The number of pyridine rings is 1. The first-order valence-corrected chi connectivity index (χ1v) is 9.74. The van der Waals surface area contributed by atoms with Crippen LogP contribution < -0.4 is 5.56 Å². The third-order valence-electron chi connectivity index (χ3n) is 5.40. The highest BCUT2D eigenvalue weighted by Crippen LogP contribution is 2.33. The minimum atomic E-state index is -0.547. The largest absolute Gasteiger partial charge is 0.506 e. The van der Waals surface area contributed by atoms with Crippen LogP contribution in [0.4, 0.5) is 0 Å². The highest BCUT2D eigenvalue weighted by atomic mass is 16.5. The van der Waals surface area contributed by atoms with Crippen LogP contribution in [0.5, 0.6) is 5.75 Å². The lowest BCUT2D eigenvalue weighted by molar-refractivity contribution is 0.426. The van der Waals surface area contributed by atoms with Crippen molar-refractivity contribution in [1.82, 2.24) is 24.9 Å². The van der Waals surface area contributed by atoms with Crippen molar-refractivity contribution >= 4 is 11.0 Å². The molecular formula is C23H19N5O3. The lowest BCUT2D eigenvalue weighted by Gasteiger charge is -2.05. The predicted molar refractivity (Wildman–Crippen MR) is 116 cm³/mol. The topological polar surface area (TPSA) is 110 Å². The molecule has 0 unspecified atom stereocenters. The van der Waals surface area contributed by atoms with E-state index in [1.807, 2.05) is 63.2 Å². The van der Waals surface area contributed by atoms with Gasteiger partial charge in [-0.1, -0.05) is 35.0 Å². The van der Waals surface area contributed by atoms with Crippen LogP contribution in [0.1, 0.15) is 16.7 Å². The van der Waals surface area contributed by atoms with Crippen molar-refractivity contribution in [3.63, 3.8) is 0 Å². The van der Waals surface area contributed by atoms with Crippen molar-refractivity contribution in [1.29, 1.82) is 0 Å². The molecule has 8 nitrogen and oxygen atoms in total. The minimum absolute atomic E-state index is 0.0584. The molecule has 0 spiro atoms. The van der Waals surface area contributed by atoms with Gasteiger partial charge in [-0.2, -0.15) is 10.1 Å². The number of nitrogens with zero attached hydrogens (tertiary/aromatic N) is 4. The third kappa shape index (κ3) is 3.09. The van der Waals surface area contributed by atoms with E-state index in [1.165, 1.54) is 6.20 Å². The third-order valence-corrected chi connectivity index (χ3v) is 5.40. The van der Waals surface area contributed by atoms with Gasteiger partial charge in [0.1, 0.15) is 17.0 Å². The molecular weight excluding hydrogens is 394 g/mol. The van der Waals surface area contributed by atoms with Crippen molar-refractivity contribution in [2.45, 2.75) is 20.8 Å². The van der Waals surface area contributed by atoms with E-state index in [0.29, 0.717) is 16.9 Å². The van der Waals surface area contributed by atoms with E-state index in [1.54, 1.807) is 4.68 Å². The van der Waals surface area contributed by atoms with Crippen LogP contribution in [0.2, 0.25) is 0 Å². The number of aromatic amines is 1. The van der Waals surface area contributed by atoms with E-state index in [-0.39, 0.29) is 17.2 Å². The van der Waals surface area contributed by atoms with Gasteiger partial charge in [0.15, 0.2) is 0 Å². The van der Waals surface area contributed by atoms with Crippen molar-refractivity contribution < 1.29 is 9.63 Å². The smallest absolute Gasteiger partial charge is 0.267 e. The number of hydrogen-bond acceptors (Lipinski definition) is 6. The predicted octanol–water partition coefficient (Wildman–Crippen LogP) is 4.06. The van der Waals surface area contributed by atoms with E-state index in [4.69, 9.17) is 4.52 Å². The summed E-state index contributed by atoms with van der Waals surface area (Å²) in [5.74, 6) is 0.0247. The molecule has 0 aliphatic heterocycles. The normalized spacial score (nSPS) is 11.3. The van der Waals surface area contributed by atoms with Crippen LogP contribution in [0.15, 0.2) is 58.0 Å². The van der Waals surface area contributed by atoms with E-state index in [9.17, 15) is 9.90 Å². The molecule has 154 valence electrons. The van der Waals surface area contributed by atoms with E-state index >= 15 is 0 Å². The summed E-state index contributed by atoms with van der Waals surface area (Å²) >= 11 is 0. The van der Waals surface area contributed by atoms with Gasteiger partial charge in [-0.15, -0.1) is 0 Å². The molecule has 3 heterocycles. The number of hydrogen-bond donors (Lipinski definition) is 2. The molecule has 8 heteroatoms. The van der Waals surface area contributed by atoms with Crippen molar-refractivity contribution in [3.8, 4) is 34.3 Å². The van der Waals surface area contributed by atoms with Gasteiger partial charge in [0.05, 0.1) is 17.3 Å². The molecule has 0 atom stereocenters. The molecule has 2 N–H and O–H groups in total. The molecule has 5 aromatic rings. The van der Waals surface area contributed by atoms with Gasteiger partial charge in [0.25, 0.3) is 11.4 Å². The number of nitrogens with one attached hydrogen (secondary N) is 1. The van der Waals surface area contributed by atoms with Gasteiger partial charge in [-0.25, -0.2) is 4.68 Å². The first-order valence-electron chi connectivity index (χ1n) is 9.74. The summed E-state index contributed by atoms with van der Waals surface area (Å²) in [5, 5.41) is 19.5. The summed E-state index contributed by atoms with van der Waals surface area (Å²) in [6, 6.07) is 13.5. The molecule has 2 aromatic carbocycles. The Kier molecular flexibility index (Phi) is 4.21. The lowest BCUT2D eigenvalue weighted by atomic mass is 10.1. The Morgan fingerprint density at radius 3 is 2.55 bits per heavy atom. The first-order chi connectivity index (χ1) is 14.9. The number of aromatic hydroxyl groups is 1. The molecule has 5 rings (SSSR count). The van der Waals surface area contributed by atoms with Crippen molar-refractivity contribution in [2.75, 3.05) is 0 Å². The van der Waals surface area contributed by atoms with Gasteiger partial charge < -0.3 is 14.6 Å². The fraction of sp³-hybridized carbons (Fsp3) is 0.130. The monoisotopic (exact) mass is 413 g/mol. The van der Waals surface area contributed by atoms with Gasteiger partial charge in [0.2, 0.25) is 5.82 Å². The maximum atomic E-state index is 12.9. The number of benzene rings is 2. The Hall–Kier alpha value is -4.20. The van der Waals surface area contributed by atoms with Crippen LogP contribution in [0.25, 0.3) is 39.6 Å². The molecule has 0 bridgehead atoms. The fourth-order valence-corrected chi connectivity index (χ4v) is 3.46. The van der Waals surface area contributed by atoms with E-state index in [0.717, 1.165) is 27.9 Å². The SMILES string of the molecule is Cc1ccc(-n2ncc3c(O)c(-c4nc(-c5ccc(C)c(C)c5)no4)c(=O)[nH]c32)cc1. The summed E-state index contributed by atoms with van der Waals surface area (Å²) in [6.07, 6.45) is 1.49. The number of fused-ring (bicyclic) bond motifs is 1. The molecule has 0 aliphatic carbocycles. The Labute approximate surface area is 176 Å². The van der Waals surface area contributed by atoms with Gasteiger partial charge in [0, 0.05) is 5.56 Å².